The molecule has 1 aromatic carbocycles. The lowest BCUT2D eigenvalue weighted by atomic mass is 10.2. The minimum atomic E-state index is 0.595. The van der Waals surface area contributed by atoms with E-state index in [0.29, 0.717) is 11.5 Å². The van der Waals surface area contributed by atoms with Gasteiger partial charge in [-0.05, 0) is 18.5 Å². The molecule has 1 fully saturated rings. The van der Waals surface area contributed by atoms with Gasteiger partial charge in [-0.25, -0.2) is 9.97 Å². The summed E-state index contributed by atoms with van der Waals surface area (Å²) in [6.45, 7) is 6.35. The molecule has 2 aromatic rings. The lowest BCUT2D eigenvalue weighted by molar-refractivity contribution is 0.0378. The van der Waals surface area contributed by atoms with E-state index in [4.69, 9.17) is 10.5 Å². The summed E-state index contributed by atoms with van der Waals surface area (Å²) in [7, 11) is 1.99. The Bertz CT molecular complexity index is 675. The zero-order valence-electron chi connectivity index (χ0n) is 15.4. The normalized spacial score (nSPS) is 15.0. The molecule has 7 heteroatoms. The predicted molar refractivity (Wildman–Crippen MR) is 105 cm³/mol. The lowest BCUT2D eigenvalue weighted by Gasteiger charge is -2.26. The molecule has 0 spiro atoms. The second-order valence-corrected chi connectivity index (χ2v) is 6.54. The molecule has 1 saturated heterocycles. The number of nitrogens with one attached hydrogen (secondary N) is 1. The van der Waals surface area contributed by atoms with E-state index in [-0.39, 0.29) is 0 Å². The Kier molecular flexibility index (Phi) is 6.62. The quantitative estimate of drug-likeness (QED) is 0.699. The van der Waals surface area contributed by atoms with Crippen LogP contribution in [0.2, 0.25) is 0 Å². The second-order valence-electron chi connectivity index (χ2n) is 6.54. The Labute approximate surface area is 155 Å². The first kappa shape index (κ1) is 18.4. The number of hydrogen-bond acceptors (Lipinski definition) is 7. The zero-order valence-corrected chi connectivity index (χ0v) is 15.4. The maximum absolute atomic E-state index is 6.31. The van der Waals surface area contributed by atoms with Gasteiger partial charge in [0.25, 0.3) is 0 Å². The second kappa shape index (κ2) is 9.35. The van der Waals surface area contributed by atoms with Crippen LogP contribution in [0, 0.1) is 0 Å². The Morgan fingerprint density at radius 3 is 2.73 bits per heavy atom. The van der Waals surface area contributed by atoms with Gasteiger partial charge in [0, 0.05) is 33.2 Å². The number of nitrogens with zero attached hydrogens (tertiary/aromatic N) is 4. The highest BCUT2D eigenvalue weighted by molar-refractivity contribution is 5.74. The fourth-order valence-corrected chi connectivity index (χ4v) is 3.10. The van der Waals surface area contributed by atoms with Gasteiger partial charge in [-0.1, -0.05) is 30.3 Å². The molecule has 0 atom stereocenters. The Morgan fingerprint density at radius 2 is 1.96 bits per heavy atom. The van der Waals surface area contributed by atoms with Gasteiger partial charge in [0.2, 0.25) is 0 Å². The lowest BCUT2D eigenvalue weighted by Crippen LogP contribution is -2.37. The third-order valence-corrected chi connectivity index (χ3v) is 4.53. The van der Waals surface area contributed by atoms with Gasteiger partial charge in [0.15, 0.2) is 11.6 Å². The van der Waals surface area contributed by atoms with Crippen molar-refractivity contribution in [3.63, 3.8) is 0 Å². The summed E-state index contributed by atoms with van der Waals surface area (Å²) in [6, 6.07) is 10.3. The van der Waals surface area contributed by atoms with E-state index in [9.17, 15) is 0 Å². The van der Waals surface area contributed by atoms with E-state index in [2.05, 4.69) is 32.3 Å². The van der Waals surface area contributed by atoms with Crippen LogP contribution in [0.1, 0.15) is 12.0 Å². The number of aromatic nitrogens is 2. The third-order valence-electron chi connectivity index (χ3n) is 4.53. The molecule has 0 amide bonds. The monoisotopic (exact) mass is 356 g/mol. The van der Waals surface area contributed by atoms with Crippen LogP contribution in [0.25, 0.3) is 0 Å². The summed E-state index contributed by atoms with van der Waals surface area (Å²) >= 11 is 0. The highest BCUT2D eigenvalue weighted by atomic mass is 16.5. The first-order valence-electron chi connectivity index (χ1n) is 9.13. The third kappa shape index (κ3) is 5.06. The zero-order chi connectivity index (χ0) is 18.2. The predicted octanol–water partition coefficient (Wildman–Crippen LogP) is 1.83. The number of nitrogens with two attached hydrogens (primary N) is 1. The van der Waals surface area contributed by atoms with Crippen LogP contribution in [0.3, 0.4) is 0 Å². The van der Waals surface area contributed by atoms with Crippen LogP contribution in [-0.4, -0.2) is 61.3 Å². The highest BCUT2D eigenvalue weighted by Gasteiger charge is 2.13. The first-order valence-corrected chi connectivity index (χ1v) is 9.13. The van der Waals surface area contributed by atoms with Gasteiger partial charge >= 0.3 is 0 Å². The number of morpholine rings is 1. The molecule has 3 N–H and O–H groups in total. The number of rotatable bonds is 8. The van der Waals surface area contributed by atoms with E-state index in [1.807, 2.05) is 30.1 Å². The Balaban J connectivity index is 1.52. The van der Waals surface area contributed by atoms with Crippen molar-refractivity contribution >= 4 is 17.3 Å². The van der Waals surface area contributed by atoms with Crippen LogP contribution in [0.5, 0.6) is 0 Å². The number of ether oxygens (including phenoxy) is 1. The smallest absolute Gasteiger partial charge is 0.157 e. The molecule has 0 bridgehead atoms. The molecule has 0 unspecified atom stereocenters. The topological polar surface area (TPSA) is 79.5 Å². The van der Waals surface area contributed by atoms with Crippen LogP contribution < -0.4 is 16.0 Å². The minimum Gasteiger partial charge on any atom is -0.393 e. The highest BCUT2D eigenvalue weighted by Crippen LogP contribution is 2.26. The maximum atomic E-state index is 6.31. The van der Waals surface area contributed by atoms with Gasteiger partial charge in [-0.15, -0.1) is 0 Å². The molecule has 0 aliphatic carbocycles. The van der Waals surface area contributed by atoms with Crippen molar-refractivity contribution in [3.8, 4) is 0 Å². The molecule has 7 nitrogen and oxygen atoms in total. The van der Waals surface area contributed by atoms with E-state index >= 15 is 0 Å². The van der Waals surface area contributed by atoms with Crippen molar-refractivity contribution in [2.24, 2.45) is 0 Å². The SMILES string of the molecule is CN(Cc1ccccc1)c1ncnc(NCCCN2CCOCC2)c1N. The van der Waals surface area contributed by atoms with Crippen LogP contribution >= 0.6 is 0 Å². The summed E-state index contributed by atoms with van der Waals surface area (Å²) < 4.78 is 5.37. The van der Waals surface area contributed by atoms with E-state index in [0.717, 1.165) is 58.2 Å². The van der Waals surface area contributed by atoms with Crippen LogP contribution in [-0.2, 0) is 11.3 Å². The van der Waals surface area contributed by atoms with Crippen molar-refractivity contribution in [2.45, 2.75) is 13.0 Å². The van der Waals surface area contributed by atoms with E-state index in [1.165, 1.54) is 5.56 Å². The van der Waals surface area contributed by atoms with Crippen molar-refractivity contribution in [2.75, 3.05) is 62.4 Å². The largest absolute Gasteiger partial charge is 0.393 e. The molecule has 1 aliphatic heterocycles. The molecule has 0 radical (unpaired) electrons. The molecule has 3 rings (SSSR count). The van der Waals surface area contributed by atoms with Crippen LogP contribution in [0.4, 0.5) is 17.3 Å². The number of nitrogen functional groups attached to an aromatic ring is 1. The first-order chi connectivity index (χ1) is 12.7. The fourth-order valence-electron chi connectivity index (χ4n) is 3.10. The standard InChI is InChI=1S/C19H28N6O/c1-24(14-16-6-3-2-4-7-16)19-17(20)18(22-15-23-19)21-8-5-9-25-10-12-26-13-11-25/h2-4,6-7,15H,5,8-14,20H2,1H3,(H,21,22,23). The minimum absolute atomic E-state index is 0.595. The molecule has 140 valence electrons. The van der Waals surface area contributed by atoms with Gasteiger partial charge in [-0.3, -0.25) is 4.90 Å². The number of benzene rings is 1. The van der Waals surface area contributed by atoms with Crippen LogP contribution in [0.15, 0.2) is 36.7 Å². The summed E-state index contributed by atoms with van der Waals surface area (Å²) in [5.74, 6) is 1.46. The van der Waals surface area contributed by atoms with Gasteiger partial charge in [0.05, 0.1) is 13.2 Å². The Morgan fingerprint density at radius 1 is 1.19 bits per heavy atom. The maximum Gasteiger partial charge on any atom is 0.157 e. The molecule has 1 aliphatic rings. The molecular weight excluding hydrogens is 328 g/mol. The summed E-state index contributed by atoms with van der Waals surface area (Å²) in [4.78, 5) is 13.1. The van der Waals surface area contributed by atoms with E-state index in [1.54, 1.807) is 6.33 Å². The molecule has 26 heavy (non-hydrogen) atoms. The molecule has 2 heterocycles. The molecule has 1 aromatic heterocycles. The average Bonchev–Trinajstić information content (AvgIpc) is 2.68. The number of hydrogen-bond donors (Lipinski definition) is 2. The van der Waals surface area contributed by atoms with Crippen molar-refractivity contribution < 1.29 is 4.74 Å². The summed E-state index contributed by atoms with van der Waals surface area (Å²) in [6.07, 6.45) is 2.61. The molecular formula is C19H28N6O. The Hall–Kier alpha value is -2.38. The molecule has 0 saturated carbocycles. The van der Waals surface area contributed by atoms with Crippen molar-refractivity contribution in [1.82, 2.24) is 14.9 Å². The van der Waals surface area contributed by atoms with Gasteiger partial charge in [-0.2, -0.15) is 0 Å². The van der Waals surface area contributed by atoms with Crippen molar-refractivity contribution in [1.29, 1.82) is 0 Å². The van der Waals surface area contributed by atoms with Gasteiger partial charge in [0.1, 0.15) is 12.0 Å². The fraction of sp³-hybridized carbons (Fsp3) is 0.474. The summed E-state index contributed by atoms with van der Waals surface area (Å²) in [5.41, 5.74) is 8.12. The number of anilines is 3. The van der Waals surface area contributed by atoms with Gasteiger partial charge < -0.3 is 20.7 Å². The summed E-state index contributed by atoms with van der Waals surface area (Å²) in [5, 5.41) is 3.35. The van der Waals surface area contributed by atoms with E-state index < -0.39 is 0 Å². The van der Waals surface area contributed by atoms with Crippen molar-refractivity contribution in [3.05, 3.63) is 42.2 Å². The average molecular weight is 356 g/mol.